The lowest BCUT2D eigenvalue weighted by Gasteiger charge is -2.24. The van der Waals surface area contributed by atoms with Crippen molar-refractivity contribution in [1.82, 2.24) is 9.29 Å². The summed E-state index contributed by atoms with van der Waals surface area (Å²) in [5.41, 5.74) is -2.55. The highest BCUT2D eigenvalue weighted by Gasteiger charge is 2.36. The number of nitro benzene ring substituents is 1. The molecule has 0 saturated carbocycles. The molecular formula is C15H13F4N3O4S. The lowest BCUT2D eigenvalue weighted by Crippen LogP contribution is -2.31. The molecule has 27 heavy (non-hydrogen) atoms. The van der Waals surface area contributed by atoms with Crippen LogP contribution in [0.1, 0.15) is 24.2 Å². The summed E-state index contributed by atoms with van der Waals surface area (Å²) in [5, 5.41) is 11.1. The van der Waals surface area contributed by atoms with Gasteiger partial charge in [-0.1, -0.05) is 12.1 Å². The topological polar surface area (TPSA) is 93.4 Å². The van der Waals surface area contributed by atoms with Crippen molar-refractivity contribution in [1.29, 1.82) is 0 Å². The third-order valence-electron chi connectivity index (χ3n) is 3.86. The van der Waals surface area contributed by atoms with Gasteiger partial charge in [-0.3, -0.25) is 15.1 Å². The van der Waals surface area contributed by atoms with E-state index in [1.54, 1.807) is 0 Å². The molecule has 0 aliphatic rings. The van der Waals surface area contributed by atoms with E-state index in [0.29, 0.717) is 10.5 Å². The second kappa shape index (κ2) is 7.19. The number of nitrogens with zero attached hydrogens (tertiary/aromatic N) is 3. The first-order valence-electron chi connectivity index (χ1n) is 7.31. The molecule has 1 atom stereocenters. The fourth-order valence-corrected chi connectivity index (χ4v) is 3.76. The van der Waals surface area contributed by atoms with Crippen LogP contribution in [0.2, 0.25) is 0 Å². The molecule has 0 amide bonds. The summed E-state index contributed by atoms with van der Waals surface area (Å²) in [6, 6.07) is 3.43. The van der Waals surface area contributed by atoms with E-state index in [1.165, 1.54) is 19.1 Å². The normalized spacial score (nSPS) is 13.6. The molecule has 146 valence electrons. The maximum absolute atomic E-state index is 14.1. The first kappa shape index (κ1) is 20.7. The minimum atomic E-state index is -4.81. The Balaban J connectivity index is 2.46. The van der Waals surface area contributed by atoms with E-state index in [9.17, 15) is 36.1 Å². The van der Waals surface area contributed by atoms with Gasteiger partial charge in [0.2, 0.25) is 10.0 Å². The number of alkyl halides is 3. The van der Waals surface area contributed by atoms with Gasteiger partial charge in [0.1, 0.15) is 5.82 Å². The smallest absolute Gasteiger partial charge is 0.258 e. The molecule has 1 unspecified atom stereocenters. The largest absolute Gasteiger partial charge is 0.417 e. The summed E-state index contributed by atoms with van der Waals surface area (Å²) < 4.78 is 77.9. The summed E-state index contributed by atoms with van der Waals surface area (Å²) in [4.78, 5) is 12.9. The molecule has 2 aromatic rings. The molecule has 0 N–H and O–H groups in total. The molecule has 0 spiro atoms. The average Bonchev–Trinajstić information content (AvgIpc) is 2.59. The van der Waals surface area contributed by atoms with Gasteiger partial charge in [-0.05, 0) is 19.1 Å². The van der Waals surface area contributed by atoms with Gasteiger partial charge in [0, 0.05) is 19.3 Å². The van der Waals surface area contributed by atoms with Gasteiger partial charge in [0.15, 0.2) is 4.90 Å². The molecule has 0 fully saturated rings. The van der Waals surface area contributed by atoms with Crippen LogP contribution in [0.5, 0.6) is 0 Å². The number of pyridine rings is 1. The molecule has 0 bridgehead atoms. The van der Waals surface area contributed by atoms with Crippen molar-refractivity contribution in [2.75, 3.05) is 7.05 Å². The zero-order valence-corrected chi connectivity index (χ0v) is 14.8. The molecular weight excluding hydrogens is 394 g/mol. The summed E-state index contributed by atoms with van der Waals surface area (Å²) in [6.45, 7) is 1.20. The van der Waals surface area contributed by atoms with Crippen molar-refractivity contribution in [2.24, 2.45) is 0 Å². The van der Waals surface area contributed by atoms with Crippen LogP contribution in [-0.4, -0.2) is 29.7 Å². The number of aromatic nitrogens is 1. The number of halogens is 4. The average molecular weight is 407 g/mol. The van der Waals surface area contributed by atoms with Gasteiger partial charge < -0.3 is 0 Å². The third-order valence-corrected chi connectivity index (χ3v) is 5.83. The van der Waals surface area contributed by atoms with Crippen LogP contribution in [0.3, 0.4) is 0 Å². The second-order valence-corrected chi connectivity index (χ2v) is 7.48. The SMILES string of the molecule is CC(c1ncc(C(F)(F)F)cc1F)N(C)S(=O)(=O)c1ccccc1[N+](=O)[O-]. The Labute approximate surface area is 151 Å². The minimum absolute atomic E-state index is 0.213. The summed E-state index contributed by atoms with van der Waals surface area (Å²) in [6.07, 6.45) is -4.42. The van der Waals surface area contributed by atoms with Gasteiger partial charge in [-0.2, -0.15) is 17.5 Å². The van der Waals surface area contributed by atoms with E-state index >= 15 is 0 Å². The van der Waals surface area contributed by atoms with E-state index in [0.717, 1.165) is 19.2 Å². The molecule has 1 aromatic heterocycles. The lowest BCUT2D eigenvalue weighted by atomic mass is 10.1. The fraction of sp³-hybridized carbons (Fsp3) is 0.267. The number of nitro groups is 1. The lowest BCUT2D eigenvalue weighted by molar-refractivity contribution is -0.387. The number of rotatable bonds is 5. The Bertz CT molecular complexity index is 979. The van der Waals surface area contributed by atoms with Crippen molar-refractivity contribution in [3.8, 4) is 0 Å². The monoisotopic (exact) mass is 407 g/mol. The molecule has 1 aromatic carbocycles. The van der Waals surface area contributed by atoms with Crippen LogP contribution < -0.4 is 0 Å². The van der Waals surface area contributed by atoms with E-state index < -0.39 is 54.8 Å². The number of benzene rings is 1. The first-order chi connectivity index (χ1) is 12.4. The van der Waals surface area contributed by atoms with Gasteiger partial charge in [0.25, 0.3) is 5.69 Å². The number of hydrogen-bond acceptors (Lipinski definition) is 5. The Morgan fingerprint density at radius 2 is 1.85 bits per heavy atom. The van der Waals surface area contributed by atoms with Gasteiger partial charge >= 0.3 is 6.18 Å². The van der Waals surface area contributed by atoms with Gasteiger partial charge in [-0.25, -0.2) is 12.8 Å². The summed E-state index contributed by atoms with van der Waals surface area (Å²) >= 11 is 0. The number of sulfonamides is 1. The van der Waals surface area contributed by atoms with Crippen LogP contribution >= 0.6 is 0 Å². The van der Waals surface area contributed by atoms with E-state index in [1.807, 2.05) is 0 Å². The van der Waals surface area contributed by atoms with Crippen molar-refractivity contribution in [3.63, 3.8) is 0 Å². The van der Waals surface area contributed by atoms with Crippen LogP contribution in [-0.2, 0) is 16.2 Å². The van der Waals surface area contributed by atoms with Gasteiger partial charge in [0.05, 0.1) is 22.2 Å². The zero-order valence-electron chi connectivity index (χ0n) is 13.9. The quantitative estimate of drug-likeness (QED) is 0.429. The standard InChI is InChI=1S/C15H13F4N3O4S/c1-9(14-11(16)7-10(8-20-14)15(17,18)19)21(2)27(25,26)13-6-4-3-5-12(13)22(23)24/h3-9H,1-2H3. The molecule has 1 heterocycles. The molecule has 12 heteroatoms. The Hall–Kier alpha value is -2.60. The molecule has 0 aliphatic carbocycles. The van der Waals surface area contributed by atoms with Gasteiger partial charge in [-0.15, -0.1) is 0 Å². The van der Waals surface area contributed by atoms with Crippen LogP contribution in [0, 0.1) is 15.9 Å². The highest BCUT2D eigenvalue weighted by atomic mass is 32.2. The maximum atomic E-state index is 14.1. The van der Waals surface area contributed by atoms with Crippen LogP contribution in [0.25, 0.3) is 0 Å². The number of para-hydroxylation sites is 1. The Kier molecular flexibility index (Phi) is 5.52. The summed E-state index contributed by atoms with van der Waals surface area (Å²) in [7, 11) is -3.43. The van der Waals surface area contributed by atoms with E-state index in [4.69, 9.17) is 0 Å². The number of hydrogen-bond donors (Lipinski definition) is 0. The van der Waals surface area contributed by atoms with Crippen molar-refractivity contribution in [3.05, 3.63) is 63.7 Å². The maximum Gasteiger partial charge on any atom is 0.417 e. The van der Waals surface area contributed by atoms with Crippen LogP contribution in [0.4, 0.5) is 23.2 Å². The predicted molar refractivity (Wildman–Crippen MR) is 85.7 cm³/mol. The molecule has 0 radical (unpaired) electrons. The van der Waals surface area contributed by atoms with Crippen molar-refractivity contribution >= 4 is 15.7 Å². The third kappa shape index (κ3) is 4.06. The molecule has 0 aliphatic heterocycles. The zero-order chi connectivity index (χ0) is 20.6. The molecule has 2 rings (SSSR count). The molecule has 0 saturated heterocycles. The highest BCUT2D eigenvalue weighted by molar-refractivity contribution is 7.89. The Morgan fingerprint density at radius 3 is 2.37 bits per heavy atom. The minimum Gasteiger partial charge on any atom is -0.258 e. The highest BCUT2D eigenvalue weighted by Crippen LogP contribution is 2.33. The molecule has 7 nitrogen and oxygen atoms in total. The van der Waals surface area contributed by atoms with E-state index in [2.05, 4.69) is 4.98 Å². The first-order valence-corrected chi connectivity index (χ1v) is 8.75. The summed E-state index contributed by atoms with van der Waals surface area (Å²) in [5.74, 6) is -1.35. The second-order valence-electron chi connectivity index (χ2n) is 5.51. The Morgan fingerprint density at radius 1 is 1.26 bits per heavy atom. The van der Waals surface area contributed by atoms with Crippen molar-refractivity contribution in [2.45, 2.75) is 24.0 Å². The van der Waals surface area contributed by atoms with Crippen molar-refractivity contribution < 1.29 is 30.9 Å². The van der Waals surface area contributed by atoms with Crippen LogP contribution in [0.15, 0.2) is 41.4 Å². The van der Waals surface area contributed by atoms with E-state index in [-0.39, 0.29) is 6.07 Å². The fourth-order valence-electron chi connectivity index (χ4n) is 2.27. The predicted octanol–water partition coefficient (Wildman–Crippen LogP) is 3.53.